The van der Waals surface area contributed by atoms with E-state index in [0.717, 1.165) is 35.4 Å². The van der Waals surface area contributed by atoms with E-state index >= 15 is 0 Å². The second-order valence-corrected chi connectivity index (χ2v) is 7.27. The highest BCUT2D eigenvalue weighted by Crippen LogP contribution is 2.23. The van der Waals surface area contributed by atoms with Crippen molar-refractivity contribution >= 4 is 22.8 Å². The van der Waals surface area contributed by atoms with E-state index in [2.05, 4.69) is 4.57 Å². The van der Waals surface area contributed by atoms with E-state index in [1.54, 1.807) is 4.90 Å². The van der Waals surface area contributed by atoms with Crippen LogP contribution in [-0.4, -0.2) is 39.4 Å². The first-order chi connectivity index (χ1) is 13.6. The number of likely N-dealkylation sites (tertiary alicyclic amines) is 1. The summed E-state index contributed by atoms with van der Waals surface area (Å²) < 4.78 is 2.12. The number of aryl methyl sites for hydroxylation is 1. The Kier molecular flexibility index (Phi) is 5.10. The Balaban J connectivity index is 1.55. The molecule has 1 atom stereocenters. The maximum Gasteiger partial charge on any atom is 0.223 e. The van der Waals surface area contributed by atoms with Crippen molar-refractivity contribution in [3.8, 4) is 5.69 Å². The second-order valence-electron chi connectivity index (χ2n) is 7.27. The lowest BCUT2D eigenvalue weighted by atomic mass is 9.97. The number of imidazole rings is 1. The Hall–Kier alpha value is -3.15. The molecule has 1 saturated heterocycles. The molecule has 6 nitrogen and oxygen atoms in total. The number of benzene rings is 2. The van der Waals surface area contributed by atoms with Crippen molar-refractivity contribution in [2.45, 2.75) is 25.7 Å². The van der Waals surface area contributed by atoms with E-state index in [-0.39, 0.29) is 17.7 Å². The van der Waals surface area contributed by atoms with Crippen molar-refractivity contribution in [1.29, 1.82) is 0 Å². The molecule has 4 rings (SSSR count). The molecule has 28 heavy (non-hydrogen) atoms. The van der Waals surface area contributed by atoms with Crippen LogP contribution in [0.1, 0.15) is 25.1 Å². The zero-order valence-corrected chi connectivity index (χ0v) is 15.8. The molecule has 1 aromatic heterocycles. The van der Waals surface area contributed by atoms with Gasteiger partial charge in [-0.2, -0.15) is 0 Å². The number of aromatic nitrogens is 2. The fourth-order valence-electron chi connectivity index (χ4n) is 3.92. The molecular formula is C22H24N4O2. The molecule has 1 unspecified atom stereocenters. The van der Waals surface area contributed by atoms with Gasteiger partial charge in [-0.25, -0.2) is 4.98 Å². The summed E-state index contributed by atoms with van der Waals surface area (Å²) in [5.41, 5.74) is 8.41. The molecule has 1 aliphatic rings. The fraction of sp³-hybridized carbons (Fsp3) is 0.318. The van der Waals surface area contributed by atoms with Crippen molar-refractivity contribution in [3.05, 3.63) is 60.4 Å². The summed E-state index contributed by atoms with van der Waals surface area (Å²) >= 11 is 0. The first-order valence-electron chi connectivity index (χ1n) is 9.72. The van der Waals surface area contributed by atoms with Crippen LogP contribution in [-0.2, 0) is 16.0 Å². The van der Waals surface area contributed by atoms with Gasteiger partial charge in [-0.1, -0.05) is 30.3 Å². The number of carbonyl (C=O) groups excluding carboxylic acids is 2. The highest BCUT2D eigenvalue weighted by atomic mass is 16.2. The molecule has 0 saturated carbocycles. The van der Waals surface area contributed by atoms with Gasteiger partial charge in [0.2, 0.25) is 11.8 Å². The van der Waals surface area contributed by atoms with E-state index in [9.17, 15) is 9.59 Å². The van der Waals surface area contributed by atoms with Gasteiger partial charge in [0, 0.05) is 31.6 Å². The minimum atomic E-state index is -0.316. The van der Waals surface area contributed by atoms with Gasteiger partial charge >= 0.3 is 0 Å². The van der Waals surface area contributed by atoms with Crippen molar-refractivity contribution in [3.63, 3.8) is 0 Å². The SMILES string of the molecule is NC(=O)C1CCCN(C(=O)CCc2nc3ccccc3n2-c2ccccc2)C1. The number of primary amides is 1. The molecule has 2 N–H and O–H groups in total. The molecule has 2 heterocycles. The van der Waals surface area contributed by atoms with Gasteiger partial charge in [0.25, 0.3) is 0 Å². The highest BCUT2D eigenvalue weighted by molar-refractivity contribution is 5.81. The van der Waals surface area contributed by atoms with Crippen LogP contribution in [0.25, 0.3) is 16.7 Å². The third kappa shape index (κ3) is 3.63. The van der Waals surface area contributed by atoms with E-state index < -0.39 is 0 Å². The Morgan fingerprint density at radius 1 is 1.07 bits per heavy atom. The summed E-state index contributed by atoms with van der Waals surface area (Å²) in [7, 11) is 0. The molecule has 1 aliphatic heterocycles. The predicted octanol–water partition coefficient (Wildman–Crippen LogP) is 2.68. The van der Waals surface area contributed by atoms with Crippen LogP contribution in [0.2, 0.25) is 0 Å². The summed E-state index contributed by atoms with van der Waals surface area (Å²) in [5.74, 6) is 0.372. The zero-order valence-electron chi connectivity index (χ0n) is 15.8. The number of nitrogens with zero attached hydrogens (tertiary/aromatic N) is 3. The Morgan fingerprint density at radius 3 is 2.61 bits per heavy atom. The van der Waals surface area contributed by atoms with E-state index in [0.29, 0.717) is 25.9 Å². The summed E-state index contributed by atoms with van der Waals surface area (Å²) in [6, 6.07) is 18.1. The van der Waals surface area contributed by atoms with Crippen LogP contribution in [0.5, 0.6) is 0 Å². The Labute approximate surface area is 164 Å². The van der Waals surface area contributed by atoms with Crippen molar-refractivity contribution in [2.24, 2.45) is 11.7 Å². The summed E-state index contributed by atoms with van der Waals surface area (Å²) in [6.07, 6.45) is 2.49. The number of hydrogen-bond donors (Lipinski definition) is 1. The van der Waals surface area contributed by atoms with Crippen molar-refractivity contribution in [2.75, 3.05) is 13.1 Å². The molecule has 0 spiro atoms. The first kappa shape index (κ1) is 18.2. The summed E-state index contributed by atoms with van der Waals surface area (Å²) in [4.78, 5) is 30.8. The van der Waals surface area contributed by atoms with Gasteiger partial charge in [-0.3, -0.25) is 14.2 Å². The first-order valence-corrected chi connectivity index (χ1v) is 9.72. The lowest BCUT2D eigenvalue weighted by Gasteiger charge is -2.31. The molecule has 3 aromatic rings. The zero-order chi connectivity index (χ0) is 19.5. The lowest BCUT2D eigenvalue weighted by molar-refractivity contribution is -0.134. The number of piperidine rings is 1. The van der Waals surface area contributed by atoms with Crippen LogP contribution in [0.15, 0.2) is 54.6 Å². The number of rotatable bonds is 5. The third-order valence-electron chi connectivity index (χ3n) is 5.38. The van der Waals surface area contributed by atoms with Gasteiger partial charge < -0.3 is 10.6 Å². The number of nitrogens with two attached hydrogens (primary N) is 1. The minimum Gasteiger partial charge on any atom is -0.369 e. The Morgan fingerprint density at radius 2 is 1.82 bits per heavy atom. The van der Waals surface area contributed by atoms with Crippen LogP contribution in [0.3, 0.4) is 0 Å². The van der Waals surface area contributed by atoms with Crippen molar-refractivity contribution in [1.82, 2.24) is 14.5 Å². The smallest absolute Gasteiger partial charge is 0.223 e. The Bertz CT molecular complexity index is 996. The molecule has 2 amide bonds. The van der Waals surface area contributed by atoms with E-state index in [1.807, 2.05) is 54.6 Å². The number of para-hydroxylation sites is 3. The quantitative estimate of drug-likeness (QED) is 0.743. The molecule has 0 bridgehead atoms. The largest absolute Gasteiger partial charge is 0.369 e. The summed E-state index contributed by atoms with van der Waals surface area (Å²) in [6.45, 7) is 1.13. The minimum absolute atomic E-state index is 0.0533. The third-order valence-corrected chi connectivity index (χ3v) is 5.38. The van der Waals surface area contributed by atoms with Crippen molar-refractivity contribution < 1.29 is 9.59 Å². The topological polar surface area (TPSA) is 81.2 Å². The molecule has 0 aliphatic carbocycles. The molecular weight excluding hydrogens is 352 g/mol. The van der Waals surface area contributed by atoms with Gasteiger partial charge in [0.05, 0.1) is 17.0 Å². The maximum absolute atomic E-state index is 12.7. The molecule has 2 aromatic carbocycles. The number of fused-ring (bicyclic) bond motifs is 1. The average molecular weight is 376 g/mol. The van der Waals surface area contributed by atoms with Gasteiger partial charge in [-0.05, 0) is 37.1 Å². The second kappa shape index (κ2) is 7.84. The number of hydrogen-bond acceptors (Lipinski definition) is 3. The predicted molar refractivity (Wildman–Crippen MR) is 108 cm³/mol. The normalized spacial score (nSPS) is 17.0. The fourth-order valence-corrected chi connectivity index (χ4v) is 3.92. The van der Waals surface area contributed by atoms with E-state index in [4.69, 9.17) is 10.7 Å². The monoisotopic (exact) mass is 376 g/mol. The molecule has 1 fully saturated rings. The van der Waals surface area contributed by atoms with Crippen LogP contribution >= 0.6 is 0 Å². The number of carbonyl (C=O) groups is 2. The molecule has 0 radical (unpaired) electrons. The van der Waals surface area contributed by atoms with Crippen LogP contribution in [0, 0.1) is 5.92 Å². The lowest BCUT2D eigenvalue weighted by Crippen LogP contribution is -2.44. The number of amides is 2. The standard InChI is InChI=1S/C22H24N4O2/c23-22(28)16-7-6-14-25(15-16)21(27)13-12-20-24-18-10-4-5-11-19(18)26(20)17-8-2-1-3-9-17/h1-5,8-11,16H,6-7,12-15H2,(H2,23,28). The average Bonchev–Trinajstić information content (AvgIpc) is 3.11. The van der Waals surface area contributed by atoms with E-state index in [1.165, 1.54) is 0 Å². The van der Waals surface area contributed by atoms with Gasteiger partial charge in [0.15, 0.2) is 0 Å². The molecule has 144 valence electrons. The van der Waals surface area contributed by atoms with Gasteiger partial charge in [0.1, 0.15) is 5.82 Å². The maximum atomic E-state index is 12.7. The highest BCUT2D eigenvalue weighted by Gasteiger charge is 2.27. The molecule has 6 heteroatoms. The van der Waals surface area contributed by atoms with Gasteiger partial charge in [-0.15, -0.1) is 0 Å². The summed E-state index contributed by atoms with van der Waals surface area (Å²) in [5, 5.41) is 0. The van der Waals surface area contributed by atoms with Crippen LogP contribution in [0.4, 0.5) is 0 Å². The van der Waals surface area contributed by atoms with Crippen LogP contribution < -0.4 is 5.73 Å².